The number of carbonyl (C=O) groups excluding carboxylic acids is 4. The Balaban J connectivity index is 1.37. The van der Waals surface area contributed by atoms with Crippen molar-refractivity contribution in [2.45, 2.75) is 69.1 Å². The third-order valence-corrected chi connectivity index (χ3v) is 11.7. The van der Waals surface area contributed by atoms with Gasteiger partial charge in [-0.1, -0.05) is 30.3 Å². The summed E-state index contributed by atoms with van der Waals surface area (Å²) in [5.41, 5.74) is 6.37. The number of hydrogen-bond acceptors (Lipinski definition) is 7. The molecule has 3 heterocycles. The largest absolute Gasteiger partial charge is 0.465 e. The number of unbranched alkanes of at least 4 members (excludes halogenated alkanes) is 2. The van der Waals surface area contributed by atoms with Crippen molar-refractivity contribution in [2.75, 3.05) is 20.3 Å². The molecule has 0 fully saturated rings. The number of para-hydroxylation sites is 1. The van der Waals surface area contributed by atoms with Crippen LogP contribution in [-0.2, 0) is 40.1 Å². The van der Waals surface area contributed by atoms with Crippen molar-refractivity contribution in [2.24, 2.45) is 0 Å². The molecular formula is C43H46N4O8S+2. The number of benzene rings is 3. The van der Waals surface area contributed by atoms with Crippen LogP contribution in [-0.4, -0.2) is 83.5 Å². The fourth-order valence-electron chi connectivity index (χ4n) is 7.61. The Hall–Kier alpha value is -5.79. The molecule has 56 heavy (non-hydrogen) atoms. The molecular weight excluding hydrogens is 733 g/mol. The van der Waals surface area contributed by atoms with Crippen molar-refractivity contribution in [1.29, 1.82) is 0 Å². The molecule has 0 radical (unpaired) electrons. The number of rotatable bonds is 13. The molecule has 0 aliphatic carbocycles. The predicted molar refractivity (Wildman–Crippen MR) is 212 cm³/mol. The van der Waals surface area contributed by atoms with Crippen LogP contribution in [0.4, 0.5) is 11.4 Å². The van der Waals surface area contributed by atoms with E-state index in [1.54, 1.807) is 18.2 Å². The molecule has 0 unspecified atom stereocenters. The molecule has 3 aromatic carbocycles. The van der Waals surface area contributed by atoms with Crippen LogP contribution in [0, 0.1) is 0 Å². The molecule has 2 N–H and O–H groups in total. The first-order valence-corrected chi connectivity index (χ1v) is 19.8. The minimum atomic E-state index is -4.48. The number of amides is 3. The molecule has 0 saturated carbocycles. The van der Waals surface area contributed by atoms with E-state index in [1.165, 1.54) is 31.4 Å². The van der Waals surface area contributed by atoms with Gasteiger partial charge in [0.15, 0.2) is 11.4 Å². The van der Waals surface area contributed by atoms with Gasteiger partial charge in [-0.15, -0.1) is 0 Å². The lowest BCUT2D eigenvalue weighted by atomic mass is 9.79. The maximum atomic E-state index is 12.5. The Morgan fingerprint density at radius 2 is 1.54 bits per heavy atom. The van der Waals surface area contributed by atoms with Crippen LogP contribution in [0.15, 0.2) is 102 Å². The summed E-state index contributed by atoms with van der Waals surface area (Å²) in [6.45, 7) is 13.1. The summed E-state index contributed by atoms with van der Waals surface area (Å²) in [6.07, 6.45) is 8.64. The first-order chi connectivity index (χ1) is 26.4. The SMILES string of the molecule is C=[N+]1C(=CC(=CC2=[N+](CCCCCC(=O)NCN3C(=O)C=CC3=O)c3ccc(S(=O)(=O)O)cc3C2(C)C)c2ccc(C(=O)OC)cc2)C(C)(C)c2ccccc21. The molecule has 0 aromatic heterocycles. The number of methoxy groups -OCH3 is 1. The minimum absolute atomic E-state index is 0.182. The smallest absolute Gasteiger partial charge is 0.337 e. The zero-order valence-electron chi connectivity index (χ0n) is 32.2. The molecule has 0 bridgehead atoms. The van der Waals surface area contributed by atoms with E-state index in [-0.39, 0.29) is 23.9 Å². The van der Waals surface area contributed by atoms with Crippen molar-refractivity contribution in [3.8, 4) is 0 Å². The molecule has 6 rings (SSSR count). The van der Waals surface area contributed by atoms with Gasteiger partial charge < -0.3 is 10.1 Å². The second-order valence-electron chi connectivity index (χ2n) is 15.1. The molecule has 290 valence electrons. The minimum Gasteiger partial charge on any atom is -0.465 e. The maximum absolute atomic E-state index is 12.5. The fourth-order valence-corrected chi connectivity index (χ4v) is 8.12. The van der Waals surface area contributed by atoms with Gasteiger partial charge in [0.1, 0.15) is 19.9 Å². The number of nitrogens with zero attached hydrogens (tertiary/aromatic N) is 3. The van der Waals surface area contributed by atoms with Gasteiger partial charge >= 0.3 is 5.97 Å². The lowest BCUT2D eigenvalue weighted by Gasteiger charge is -2.18. The number of esters is 1. The normalized spacial score (nSPS) is 17.8. The summed E-state index contributed by atoms with van der Waals surface area (Å²) in [7, 11) is -3.15. The topological polar surface area (TPSA) is 153 Å². The van der Waals surface area contributed by atoms with Crippen LogP contribution in [0.5, 0.6) is 0 Å². The number of fused-ring (bicyclic) bond motifs is 2. The Kier molecular flexibility index (Phi) is 11.0. The molecule has 13 heteroatoms. The van der Waals surface area contributed by atoms with Crippen LogP contribution >= 0.6 is 0 Å². The highest BCUT2D eigenvalue weighted by Gasteiger charge is 2.47. The first kappa shape index (κ1) is 39.9. The van der Waals surface area contributed by atoms with E-state index < -0.39 is 38.7 Å². The molecule has 0 saturated heterocycles. The molecule has 3 amide bonds. The summed E-state index contributed by atoms with van der Waals surface area (Å²) in [4.78, 5) is 49.3. The van der Waals surface area contributed by atoms with Gasteiger partial charge in [-0.05, 0) is 75.9 Å². The summed E-state index contributed by atoms with van der Waals surface area (Å²) in [6, 6.07) is 19.9. The van der Waals surface area contributed by atoms with E-state index in [1.807, 2.05) is 48.8 Å². The number of carbonyl (C=O) groups is 4. The third-order valence-electron chi connectivity index (χ3n) is 10.8. The third kappa shape index (κ3) is 7.69. The Morgan fingerprint density at radius 3 is 2.18 bits per heavy atom. The monoisotopic (exact) mass is 778 g/mol. The number of hydrogen-bond donors (Lipinski definition) is 2. The van der Waals surface area contributed by atoms with Crippen LogP contribution in [0.3, 0.4) is 0 Å². The number of ether oxygens (including phenoxy) is 1. The molecule has 3 aliphatic rings. The first-order valence-electron chi connectivity index (χ1n) is 18.3. The highest BCUT2D eigenvalue weighted by atomic mass is 32.2. The van der Waals surface area contributed by atoms with Gasteiger partial charge in [-0.3, -0.25) is 23.8 Å². The van der Waals surface area contributed by atoms with E-state index in [0.29, 0.717) is 31.4 Å². The van der Waals surface area contributed by atoms with Gasteiger partial charge in [0.05, 0.1) is 28.4 Å². The van der Waals surface area contributed by atoms with Crippen molar-refractivity contribution < 1.29 is 46.0 Å². The summed E-state index contributed by atoms with van der Waals surface area (Å²) in [5, 5.41) is 2.63. The Bertz CT molecular complexity index is 2380. The quantitative estimate of drug-likeness (QED) is 0.0710. The number of nitrogens with one attached hydrogen (secondary N) is 1. The van der Waals surface area contributed by atoms with Gasteiger partial charge in [-0.2, -0.15) is 17.6 Å². The average Bonchev–Trinajstić information content (AvgIpc) is 3.67. The maximum Gasteiger partial charge on any atom is 0.337 e. The zero-order chi connectivity index (χ0) is 40.6. The van der Waals surface area contributed by atoms with Crippen LogP contribution in [0.25, 0.3) is 5.57 Å². The predicted octanol–water partition coefficient (Wildman–Crippen LogP) is 5.96. The summed E-state index contributed by atoms with van der Waals surface area (Å²) in [5.74, 6) is -1.66. The summed E-state index contributed by atoms with van der Waals surface area (Å²) >= 11 is 0. The van der Waals surface area contributed by atoms with Gasteiger partial charge in [0, 0.05) is 60.4 Å². The van der Waals surface area contributed by atoms with E-state index in [2.05, 4.69) is 48.7 Å². The van der Waals surface area contributed by atoms with E-state index in [0.717, 1.165) is 49.9 Å². The van der Waals surface area contributed by atoms with E-state index in [4.69, 9.17) is 4.74 Å². The second-order valence-corrected chi connectivity index (χ2v) is 16.5. The molecule has 0 atom stereocenters. The lowest BCUT2D eigenvalue weighted by Crippen LogP contribution is -2.40. The van der Waals surface area contributed by atoms with Crippen LogP contribution in [0.2, 0.25) is 0 Å². The molecule has 3 aromatic rings. The Labute approximate surface area is 326 Å². The molecule has 0 spiro atoms. The molecule has 3 aliphatic heterocycles. The van der Waals surface area contributed by atoms with Crippen molar-refractivity contribution >= 4 is 63.2 Å². The summed E-state index contributed by atoms with van der Waals surface area (Å²) < 4.78 is 43.6. The van der Waals surface area contributed by atoms with Crippen molar-refractivity contribution in [1.82, 2.24) is 10.2 Å². The highest BCUT2D eigenvalue weighted by Crippen LogP contribution is 2.47. The fraction of sp³-hybridized carbons (Fsp3) is 0.302. The van der Waals surface area contributed by atoms with Crippen molar-refractivity contribution in [3.05, 3.63) is 119 Å². The number of imide groups is 1. The van der Waals surface area contributed by atoms with Crippen molar-refractivity contribution in [3.63, 3.8) is 0 Å². The Morgan fingerprint density at radius 1 is 0.875 bits per heavy atom. The van der Waals surface area contributed by atoms with E-state index >= 15 is 0 Å². The van der Waals surface area contributed by atoms with Crippen LogP contribution < -0.4 is 5.32 Å². The second kappa shape index (κ2) is 15.4. The number of allylic oxidation sites excluding steroid dienone is 4. The van der Waals surface area contributed by atoms with Gasteiger partial charge in [0.25, 0.3) is 21.9 Å². The highest BCUT2D eigenvalue weighted by molar-refractivity contribution is 7.85. The van der Waals surface area contributed by atoms with E-state index in [9.17, 15) is 32.1 Å². The average molecular weight is 779 g/mol. The standard InChI is InChI=1S/C43H44N4O8S/c1-42(2)32-12-9-10-13-34(32)45(5)36(42)24-30(28-15-17-29(18-16-28)41(51)55-6)25-37-43(3,4)33-26-31(56(52,53)54)19-20-35(33)46(37)23-11-7-8-14-38(48)44-27-47-39(49)21-22-40(47)50/h9-10,12-13,15-22,24-26H,5,7-8,11,14,23,27H2,1-4,6H3/p+2. The van der Waals surface area contributed by atoms with Gasteiger partial charge in [-0.25, -0.2) is 4.79 Å². The lowest BCUT2D eigenvalue weighted by molar-refractivity contribution is -0.438. The molecule has 12 nitrogen and oxygen atoms in total. The van der Waals surface area contributed by atoms with Crippen LogP contribution in [0.1, 0.15) is 80.4 Å². The zero-order valence-corrected chi connectivity index (χ0v) is 33.0. The van der Waals surface area contributed by atoms with Gasteiger partial charge in [0.2, 0.25) is 17.3 Å².